The molecular formula is C11H6ClNO4S. The van der Waals surface area contributed by atoms with Gasteiger partial charge in [-0.15, -0.1) is 0 Å². The molecular weight excluding hydrogens is 278 g/mol. The van der Waals surface area contributed by atoms with Crippen LogP contribution in [0.2, 0.25) is 5.15 Å². The number of nitrogens with zero attached hydrogens (tertiary/aromatic N) is 1. The molecule has 2 aromatic rings. The fraction of sp³-hybridized carbons (Fsp3) is 0.0909. The number of fused-ring (bicyclic) bond motifs is 1. The lowest BCUT2D eigenvalue weighted by Gasteiger charge is -2.02. The minimum Gasteiger partial charge on any atom is -0.454 e. The molecule has 1 aliphatic heterocycles. The van der Waals surface area contributed by atoms with Gasteiger partial charge in [-0.25, -0.2) is 0 Å². The van der Waals surface area contributed by atoms with Crippen molar-refractivity contribution >= 4 is 29.2 Å². The van der Waals surface area contributed by atoms with Gasteiger partial charge in [-0.3, -0.25) is 4.79 Å². The normalized spacial score (nSPS) is 12.5. The minimum atomic E-state index is 0.144. The highest BCUT2D eigenvalue weighted by Gasteiger charge is 2.15. The molecule has 0 fully saturated rings. The maximum atomic E-state index is 10.6. The molecule has 1 aliphatic rings. The number of rotatable bonds is 3. The molecule has 0 aliphatic carbocycles. The predicted octanol–water partition coefficient (Wildman–Crippen LogP) is 3.13. The highest BCUT2D eigenvalue weighted by molar-refractivity contribution is 7.15. The Bertz CT molecular complexity index is 613. The molecule has 5 nitrogen and oxygen atoms in total. The predicted molar refractivity (Wildman–Crippen MR) is 65.2 cm³/mol. The van der Waals surface area contributed by atoms with E-state index in [4.69, 9.17) is 25.8 Å². The molecule has 0 bridgehead atoms. The summed E-state index contributed by atoms with van der Waals surface area (Å²) in [5.41, 5.74) is 0. The molecule has 0 amide bonds. The van der Waals surface area contributed by atoms with Crippen molar-refractivity contribution in [1.82, 2.24) is 4.98 Å². The Balaban J connectivity index is 1.85. The summed E-state index contributed by atoms with van der Waals surface area (Å²) < 4.78 is 15.9. The SMILES string of the molecule is O=Cc1sc(Oc2ccc3c(c2)OCO3)nc1Cl. The van der Waals surface area contributed by atoms with Crippen LogP contribution in [0.3, 0.4) is 0 Å². The van der Waals surface area contributed by atoms with Gasteiger partial charge in [-0.05, 0) is 12.1 Å². The Hall–Kier alpha value is -1.79. The van der Waals surface area contributed by atoms with Gasteiger partial charge in [-0.1, -0.05) is 22.9 Å². The van der Waals surface area contributed by atoms with E-state index < -0.39 is 0 Å². The highest BCUT2D eigenvalue weighted by Crippen LogP contribution is 2.38. The van der Waals surface area contributed by atoms with Gasteiger partial charge in [0.05, 0.1) is 0 Å². The van der Waals surface area contributed by atoms with Gasteiger partial charge in [0, 0.05) is 6.07 Å². The zero-order valence-corrected chi connectivity index (χ0v) is 10.5. The summed E-state index contributed by atoms with van der Waals surface area (Å²) in [6.07, 6.45) is 0.645. The van der Waals surface area contributed by atoms with Crippen molar-refractivity contribution in [2.45, 2.75) is 0 Å². The number of ether oxygens (including phenoxy) is 3. The third-order valence-corrected chi connectivity index (χ3v) is 3.51. The Morgan fingerprint density at radius 2 is 2.22 bits per heavy atom. The number of hydrogen-bond acceptors (Lipinski definition) is 6. The summed E-state index contributed by atoms with van der Waals surface area (Å²) in [4.78, 5) is 14.9. The molecule has 0 saturated carbocycles. The van der Waals surface area contributed by atoms with Crippen molar-refractivity contribution in [3.05, 3.63) is 28.2 Å². The fourth-order valence-electron chi connectivity index (χ4n) is 1.45. The minimum absolute atomic E-state index is 0.144. The van der Waals surface area contributed by atoms with Crippen LogP contribution in [0.4, 0.5) is 0 Å². The first-order valence-electron chi connectivity index (χ1n) is 4.95. The Labute approximate surface area is 111 Å². The third kappa shape index (κ3) is 2.00. The van der Waals surface area contributed by atoms with Crippen molar-refractivity contribution in [3.8, 4) is 22.4 Å². The van der Waals surface area contributed by atoms with Crippen LogP contribution in [0, 0.1) is 0 Å². The first-order valence-corrected chi connectivity index (χ1v) is 6.15. The fourth-order valence-corrected chi connectivity index (χ4v) is 2.38. The lowest BCUT2D eigenvalue weighted by atomic mass is 10.3. The summed E-state index contributed by atoms with van der Waals surface area (Å²) in [6, 6.07) is 5.16. The van der Waals surface area contributed by atoms with Gasteiger partial charge in [0.2, 0.25) is 6.79 Å². The molecule has 0 saturated heterocycles. The smallest absolute Gasteiger partial charge is 0.280 e. The lowest BCUT2D eigenvalue weighted by Crippen LogP contribution is -1.92. The zero-order valence-electron chi connectivity index (χ0n) is 8.88. The second-order valence-electron chi connectivity index (χ2n) is 3.37. The molecule has 0 atom stereocenters. The van der Waals surface area contributed by atoms with Crippen LogP contribution < -0.4 is 14.2 Å². The summed E-state index contributed by atoms with van der Waals surface area (Å²) >= 11 is 6.83. The van der Waals surface area contributed by atoms with Crippen molar-refractivity contribution in [2.24, 2.45) is 0 Å². The van der Waals surface area contributed by atoms with Gasteiger partial charge in [0.15, 0.2) is 22.9 Å². The van der Waals surface area contributed by atoms with Crippen LogP contribution >= 0.6 is 22.9 Å². The van der Waals surface area contributed by atoms with Gasteiger partial charge in [0.25, 0.3) is 5.19 Å². The van der Waals surface area contributed by atoms with Gasteiger partial charge in [0.1, 0.15) is 10.6 Å². The number of thiazole rings is 1. The van der Waals surface area contributed by atoms with E-state index in [0.29, 0.717) is 33.6 Å². The first-order chi connectivity index (χ1) is 8.76. The first kappa shape index (κ1) is 11.3. The van der Waals surface area contributed by atoms with E-state index in [1.54, 1.807) is 18.2 Å². The zero-order chi connectivity index (χ0) is 12.5. The summed E-state index contributed by atoms with van der Waals surface area (Å²) in [7, 11) is 0. The molecule has 3 rings (SSSR count). The maximum absolute atomic E-state index is 10.6. The summed E-state index contributed by atoms with van der Waals surface area (Å²) in [5.74, 6) is 1.83. The molecule has 2 heterocycles. The third-order valence-electron chi connectivity index (χ3n) is 2.25. The molecule has 0 spiro atoms. The van der Waals surface area contributed by atoms with Gasteiger partial charge < -0.3 is 14.2 Å². The molecule has 92 valence electrons. The van der Waals surface area contributed by atoms with Crippen LogP contribution in [0.5, 0.6) is 22.4 Å². The highest BCUT2D eigenvalue weighted by atomic mass is 35.5. The van der Waals surface area contributed by atoms with E-state index >= 15 is 0 Å². The molecule has 1 aromatic carbocycles. The Morgan fingerprint density at radius 1 is 1.39 bits per heavy atom. The number of carbonyl (C=O) groups is 1. The molecule has 7 heteroatoms. The van der Waals surface area contributed by atoms with Crippen LogP contribution in [-0.2, 0) is 0 Å². The molecule has 0 radical (unpaired) electrons. The number of aromatic nitrogens is 1. The molecule has 0 unspecified atom stereocenters. The van der Waals surface area contributed by atoms with Crippen LogP contribution in [0.25, 0.3) is 0 Å². The van der Waals surface area contributed by atoms with Crippen LogP contribution in [-0.4, -0.2) is 18.1 Å². The van der Waals surface area contributed by atoms with E-state index in [0.717, 1.165) is 11.3 Å². The van der Waals surface area contributed by atoms with Gasteiger partial charge >= 0.3 is 0 Å². The number of halogens is 1. The average Bonchev–Trinajstić information content (AvgIpc) is 2.95. The number of carbonyl (C=O) groups excluding carboxylic acids is 1. The van der Waals surface area contributed by atoms with E-state index in [1.165, 1.54) is 0 Å². The lowest BCUT2D eigenvalue weighted by molar-refractivity contribution is 0.112. The number of aldehydes is 1. The van der Waals surface area contributed by atoms with Crippen molar-refractivity contribution in [1.29, 1.82) is 0 Å². The number of hydrogen-bond donors (Lipinski definition) is 0. The van der Waals surface area contributed by atoms with Gasteiger partial charge in [-0.2, -0.15) is 4.98 Å². The van der Waals surface area contributed by atoms with E-state index in [1.807, 2.05) is 0 Å². The van der Waals surface area contributed by atoms with E-state index in [-0.39, 0.29) is 11.9 Å². The largest absolute Gasteiger partial charge is 0.454 e. The molecule has 1 aromatic heterocycles. The maximum Gasteiger partial charge on any atom is 0.280 e. The van der Waals surface area contributed by atoms with Crippen LogP contribution in [0.15, 0.2) is 18.2 Å². The standard InChI is InChI=1S/C11H6ClNO4S/c12-10-9(4-14)18-11(13-10)17-6-1-2-7-8(3-6)16-5-15-7/h1-4H,5H2. The average molecular weight is 284 g/mol. The second-order valence-corrected chi connectivity index (χ2v) is 4.72. The quantitative estimate of drug-likeness (QED) is 0.810. The summed E-state index contributed by atoms with van der Waals surface area (Å²) in [5, 5.41) is 0.451. The van der Waals surface area contributed by atoms with E-state index in [2.05, 4.69) is 4.98 Å². The molecule has 18 heavy (non-hydrogen) atoms. The van der Waals surface area contributed by atoms with Crippen LogP contribution in [0.1, 0.15) is 9.67 Å². The second kappa shape index (κ2) is 4.47. The number of benzene rings is 1. The van der Waals surface area contributed by atoms with Crippen molar-refractivity contribution in [2.75, 3.05) is 6.79 Å². The monoisotopic (exact) mass is 283 g/mol. The van der Waals surface area contributed by atoms with Crippen molar-refractivity contribution < 1.29 is 19.0 Å². The Kier molecular flexibility index (Phi) is 2.81. The Morgan fingerprint density at radius 3 is 3.00 bits per heavy atom. The molecule has 0 N–H and O–H groups in total. The summed E-state index contributed by atoms with van der Waals surface area (Å²) in [6.45, 7) is 0.206. The van der Waals surface area contributed by atoms with Crippen molar-refractivity contribution in [3.63, 3.8) is 0 Å². The van der Waals surface area contributed by atoms with E-state index in [9.17, 15) is 4.79 Å². The topological polar surface area (TPSA) is 57.7 Å².